The molecule has 6 nitrogen and oxygen atoms in total. The first-order valence-corrected chi connectivity index (χ1v) is 11.9. The van der Waals surface area contributed by atoms with Crippen LogP contribution in [0.5, 0.6) is 0 Å². The minimum absolute atomic E-state index is 0.0256. The van der Waals surface area contributed by atoms with E-state index in [0.717, 1.165) is 31.2 Å². The number of carbonyl (C=O) groups is 1. The Labute approximate surface area is 205 Å². The Kier molecular flexibility index (Phi) is 6.36. The molecule has 0 radical (unpaired) electrons. The monoisotopic (exact) mass is 499 g/mol. The molecule has 2 fully saturated rings. The third kappa shape index (κ3) is 4.76. The van der Waals surface area contributed by atoms with Crippen LogP contribution >= 0.6 is 0 Å². The average Bonchev–Trinajstić information content (AvgIpc) is 2.85. The first-order chi connectivity index (χ1) is 17.2. The largest absolute Gasteiger partial charge is 0.338 e. The maximum absolute atomic E-state index is 14.7. The Morgan fingerprint density at radius 2 is 1.75 bits per heavy atom. The highest BCUT2D eigenvalue weighted by atomic mass is 19.3. The fraction of sp³-hybridized carbons (Fsp3) is 0.385. The quantitative estimate of drug-likeness (QED) is 0.439. The van der Waals surface area contributed by atoms with Gasteiger partial charge in [0, 0.05) is 48.7 Å². The number of amides is 1. The lowest BCUT2D eigenvalue weighted by Crippen LogP contribution is -2.46. The van der Waals surface area contributed by atoms with Gasteiger partial charge in [0.2, 0.25) is 11.9 Å². The second-order valence-electron chi connectivity index (χ2n) is 9.43. The molecule has 3 heterocycles. The molecule has 5 rings (SSSR count). The summed E-state index contributed by atoms with van der Waals surface area (Å²) < 4.78 is 56.4. The third-order valence-electron chi connectivity index (χ3n) is 7.00. The van der Waals surface area contributed by atoms with Crippen LogP contribution in [0.2, 0.25) is 0 Å². The van der Waals surface area contributed by atoms with E-state index < -0.39 is 29.4 Å². The van der Waals surface area contributed by atoms with Gasteiger partial charge in [-0.1, -0.05) is 0 Å². The van der Waals surface area contributed by atoms with E-state index in [1.165, 1.54) is 24.7 Å². The molecule has 1 saturated heterocycles. The molecule has 2 aliphatic rings. The summed E-state index contributed by atoms with van der Waals surface area (Å²) in [6.07, 6.45) is 4.99. The number of hydrogen-bond acceptors (Lipinski definition) is 5. The topological polar surface area (TPSA) is 71.0 Å². The van der Waals surface area contributed by atoms with Crippen LogP contribution in [0.4, 0.5) is 29.2 Å². The van der Waals surface area contributed by atoms with E-state index in [-0.39, 0.29) is 48.1 Å². The van der Waals surface area contributed by atoms with Gasteiger partial charge in [-0.2, -0.15) is 0 Å². The van der Waals surface area contributed by atoms with Crippen molar-refractivity contribution < 1.29 is 22.4 Å². The number of pyridine rings is 1. The molecule has 188 valence electrons. The zero-order chi connectivity index (χ0) is 25.4. The molecule has 3 aromatic rings. The average molecular weight is 500 g/mol. The first kappa shape index (κ1) is 24.1. The van der Waals surface area contributed by atoms with Crippen LogP contribution in [-0.4, -0.2) is 39.4 Å². The molecule has 2 aromatic heterocycles. The van der Waals surface area contributed by atoms with Crippen molar-refractivity contribution in [2.45, 2.75) is 56.9 Å². The van der Waals surface area contributed by atoms with Gasteiger partial charge in [0.25, 0.3) is 5.91 Å². The summed E-state index contributed by atoms with van der Waals surface area (Å²) in [6, 6.07) is 4.75. The molecule has 1 aliphatic carbocycles. The van der Waals surface area contributed by atoms with Gasteiger partial charge in [-0.15, -0.1) is 0 Å². The Hall–Kier alpha value is -3.56. The summed E-state index contributed by atoms with van der Waals surface area (Å²) in [4.78, 5) is 28.6. The minimum Gasteiger partial charge on any atom is -0.338 e. The number of anilines is 2. The molecular weight excluding hydrogens is 474 g/mol. The molecular formula is C26H25F4N5O. The van der Waals surface area contributed by atoms with E-state index in [1.54, 1.807) is 0 Å². The lowest BCUT2D eigenvalue weighted by Gasteiger charge is -2.38. The van der Waals surface area contributed by atoms with Gasteiger partial charge in [-0.05, 0) is 50.5 Å². The van der Waals surface area contributed by atoms with Gasteiger partial charge < -0.3 is 10.2 Å². The van der Waals surface area contributed by atoms with Gasteiger partial charge in [0.1, 0.15) is 11.6 Å². The number of carbonyl (C=O) groups excluding carboxylic acids is 1. The van der Waals surface area contributed by atoms with Crippen LogP contribution in [0, 0.1) is 11.6 Å². The highest BCUT2D eigenvalue weighted by Crippen LogP contribution is 2.43. The van der Waals surface area contributed by atoms with Gasteiger partial charge >= 0.3 is 0 Å². The Bertz CT molecular complexity index is 1270. The number of alkyl halides is 2. The summed E-state index contributed by atoms with van der Waals surface area (Å²) in [5, 5.41) is 2.72. The molecule has 10 heteroatoms. The van der Waals surface area contributed by atoms with Gasteiger partial charge in [0.15, 0.2) is 0 Å². The number of nitrogens with zero attached hydrogens (tertiary/aromatic N) is 4. The smallest absolute Gasteiger partial charge is 0.258 e. The van der Waals surface area contributed by atoms with Crippen molar-refractivity contribution in [1.29, 1.82) is 0 Å². The van der Waals surface area contributed by atoms with Crippen molar-refractivity contribution in [3.8, 4) is 11.1 Å². The maximum atomic E-state index is 14.7. The SMILES string of the molecule is C[C@@H]1CCN1c1ncc(NC(=O)c2c(-c3cc(F)ccc3F)ccnc2C2CCC(F)(F)CC2)cn1. The molecule has 0 spiro atoms. The zero-order valence-electron chi connectivity index (χ0n) is 19.6. The van der Waals surface area contributed by atoms with Gasteiger partial charge in [-0.25, -0.2) is 27.5 Å². The van der Waals surface area contributed by atoms with Crippen molar-refractivity contribution in [2.24, 2.45) is 0 Å². The molecule has 36 heavy (non-hydrogen) atoms. The third-order valence-corrected chi connectivity index (χ3v) is 7.00. The highest BCUT2D eigenvalue weighted by Gasteiger charge is 2.37. The highest BCUT2D eigenvalue weighted by molar-refractivity contribution is 6.09. The summed E-state index contributed by atoms with van der Waals surface area (Å²) in [5.41, 5.74) is 0.656. The van der Waals surface area contributed by atoms with Crippen molar-refractivity contribution in [3.63, 3.8) is 0 Å². The molecule has 0 unspecified atom stereocenters. The first-order valence-electron chi connectivity index (χ1n) is 11.9. The van der Waals surface area contributed by atoms with Crippen LogP contribution in [0.25, 0.3) is 11.1 Å². The summed E-state index contributed by atoms with van der Waals surface area (Å²) in [6.45, 7) is 2.93. The van der Waals surface area contributed by atoms with E-state index in [4.69, 9.17) is 0 Å². The second kappa shape index (κ2) is 9.48. The maximum Gasteiger partial charge on any atom is 0.258 e. The van der Waals surface area contributed by atoms with Gasteiger partial charge in [-0.3, -0.25) is 9.78 Å². The molecule has 0 bridgehead atoms. The van der Waals surface area contributed by atoms with Crippen LogP contribution in [-0.2, 0) is 0 Å². The number of rotatable bonds is 5. The second-order valence-corrected chi connectivity index (χ2v) is 9.43. The van der Waals surface area contributed by atoms with Crippen LogP contribution in [0.15, 0.2) is 42.9 Å². The molecule has 1 aromatic carbocycles. The summed E-state index contributed by atoms with van der Waals surface area (Å²) in [7, 11) is 0. The normalized spacial score (nSPS) is 19.6. The van der Waals surface area contributed by atoms with Crippen molar-refractivity contribution >= 4 is 17.5 Å². The van der Waals surface area contributed by atoms with Crippen molar-refractivity contribution in [3.05, 3.63) is 65.7 Å². The molecule has 1 aliphatic heterocycles. The van der Waals surface area contributed by atoms with E-state index >= 15 is 0 Å². The molecule has 1 N–H and O–H groups in total. The fourth-order valence-corrected chi connectivity index (χ4v) is 4.81. The van der Waals surface area contributed by atoms with Crippen LogP contribution < -0.4 is 10.2 Å². The number of halogens is 4. The zero-order valence-corrected chi connectivity index (χ0v) is 19.6. The van der Waals surface area contributed by atoms with E-state index in [2.05, 4.69) is 27.2 Å². The lowest BCUT2D eigenvalue weighted by molar-refractivity contribution is -0.0385. The number of benzene rings is 1. The van der Waals surface area contributed by atoms with Crippen LogP contribution in [0.1, 0.15) is 61.0 Å². The lowest BCUT2D eigenvalue weighted by atomic mass is 9.81. The Balaban J connectivity index is 1.51. The Morgan fingerprint density at radius 3 is 2.39 bits per heavy atom. The van der Waals surface area contributed by atoms with E-state index in [1.807, 2.05) is 4.90 Å². The molecule has 1 saturated carbocycles. The predicted molar refractivity (Wildman–Crippen MR) is 127 cm³/mol. The number of aromatic nitrogens is 3. The predicted octanol–water partition coefficient (Wildman–Crippen LogP) is 5.96. The van der Waals surface area contributed by atoms with E-state index in [0.29, 0.717) is 17.7 Å². The molecule has 1 atom stereocenters. The summed E-state index contributed by atoms with van der Waals surface area (Å²) >= 11 is 0. The Morgan fingerprint density at radius 1 is 1.03 bits per heavy atom. The standard InChI is InChI=1S/C26H25F4N5O/c1-15-7-11-35(15)25-32-13-18(14-33-25)34-24(36)22-19(20-12-17(27)2-3-21(20)28)6-10-31-23(22)16-4-8-26(29,30)9-5-16/h2-3,6,10,12-16H,4-5,7-9,11H2,1H3,(H,34,36)/t15-/m1/s1. The fourth-order valence-electron chi connectivity index (χ4n) is 4.81. The minimum atomic E-state index is -2.77. The number of hydrogen-bond donors (Lipinski definition) is 1. The number of nitrogens with one attached hydrogen (secondary N) is 1. The van der Waals surface area contributed by atoms with E-state index in [9.17, 15) is 22.4 Å². The molecule has 1 amide bonds. The summed E-state index contributed by atoms with van der Waals surface area (Å²) in [5.74, 6) is -4.64. The van der Waals surface area contributed by atoms with Crippen molar-refractivity contribution in [1.82, 2.24) is 15.0 Å². The van der Waals surface area contributed by atoms with Gasteiger partial charge in [0.05, 0.1) is 29.3 Å². The van der Waals surface area contributed by atoms with Crippen molar-refractivity contribution in [2.75, 3.05) is 16.8 Å². The van der Waals surface area contributed by atoms with Crippen LogP contribution in [0.3, 0.4) is 0 Å².